The lowest BCUT2D eigenvalue weighted by Crippen LogP contribution is -2.43. The van der Waals surface area contributed by atoms with E-state index in [1.807, 2.05) is 12.1 Å². The molecule has 0 bridgehead atoms. The molecular formula is C12H11N3O3. The number of hydrogen-bond acceptors (Lipinski definition) is 2. The highest BCUT2D eigenvalue weighted by Gasteiger charge is 2.47. The van der Waals surface area contributed by atoms with Crippen LogP contribution in [0.2, 0.25) is 0 Å². The van der Waals surface area contributed by atoms with E-state index in [-0.39, 0.29) is 12.8 Å². The smallest absolute Gasteiger partial charge is 0.317 e. The molecule has 1 aliphatic rings. The summed E-state index contributed by atoms with van der Waals surface area (Å²) < 4.78 is 0. The largest absolute Gasteiger partial charge is 0.480 e. The van der Waals surface area contributed by atoms with Crippen molar-refractivity contribution >= 4 is 11.9 Å². The van der Waals surface area contributed by atoms with Gasteiger partial charge in [-0.3, -0.25) is 9.59 Å². The van der Waals surface area contributed by atoms with Gasteiger partial charge in [0.1, 0.15) is 5.41 Å². The number of aryl methyl sites for hydroxylation is 1. The van der Waals surface area contributed by atoms with E-state index in [0.29, 0.717) is 6.42 Å². The number of carbonyl (C=O) groups is 2. The number of carboxylic acid groups (broad SMARTS) is 1. The molecule has 1 aliphatic carbocycles. The highest BCUT2D eigenvalue weighted by Crippen LogP contribution is 2.37. The molecule has 1 aromatic rings. The van der Waals surface area contributed by atoms with Gasteiger partial charge in [0.05, 0.1) is 0 Å². The SMILES string of the molecule is [N-]=[N+]=NC(=O)C1(C(=O)O)CCc2ccccc2C1. The molecule has 92 valence electrons. The number of azide groups is 1. The molecule has 1 unspecified atom stereocenters. The highest BCUT2D eigenvalue weighted by molar-refractivity contribution is 6.03. The Hall–Kier alpha value is -2.33. The van der Waals surface area contributed by atoms with E-state index in [4.69, 9.17) is 5.53 Å². The van der Waals surface area contributed by atoms with Crippen LogP contribution in [0.1, 0.15) is 17.5 Å². The number of hydrogen-bond donors (Lipinski definition) is 1. The summed E-state index contributed by atoms with van der Waals surface area (Å²) in [4.78, 5) is 25.6. The van der Waals surface area contributed by atoms with E-state index in [0.717, 1.165) is 11.1 Å². The third-order valence-electron chi connectivity index (χ3n) is 3.39. The van der Waals surface area contributed by atoms with E-state index >= 15 is 0 Å². The van der Waals surface area contributed by atoms with Gasteiger partial charge in [0.2, 0.25) is 5.91 Å². The molecule has 0 fully saturated rings. The van der Waals surface area contributed by atoms with Gasteiger partial charge in [-0.15, -0.1) is 0 Å². The minimum absolute atomic E-state index is 0.0797. The lowest BCUT2D eigenvalue weighted by Gasteiger charge is -2.31. The molecule has 6 heteroatoms. The molecule has 2 rings (SSSR count). The second-order valence-corrected chi connectivity index (χ2v) is 4.33. The quantitative estimate of drug-likeness (QED) is 0.373. The van der Waals surface area contributed by atoms with Crippen molar-refractivity contribution in [3.8, 4) is 0 Å². The summed E-state index contributed by atoms with van der Waals surface area (Å²) in [5.41, 5.74) is 8.56. The van der Waals surface area contributed by atoms with Crippen LogP contribution in [0.5, 0.6) is 0 Å². The molecule has 0 radical (unpaired) electrons. The van der Waals surface area contributed by atoms with Crippen LogP contribution in [0.25, 0.3) is 10.4 Å². The van der Waals surface area contributed by atoms with Crippen LogP contribution >= 0.6 is 0 Å². The van der Waals surface area contributed by atoms with Gasteiger partial charge in [-0.2, -0.15) is 0 Å². The van der Waals surface area contributed by atoms with E-state index in [2.05, 4.69) is 10.0 Å². The summed E-state index contributed by atoms with van der Waals surface area (Å²) in [6.07, 6.45) is 0.739. The van der Waals surface area contributed by atoms with Crippen molar-refractivity contribution in [3.63, 3.8) is 0 Å². The number of aliphatic carboxylic acids is 1. The number of amides is 1. The Labute approximate surface area is 103 Å². The maximum atomic E-state index is 11.8. The van der Waals surface area contributed by atoms with Crippen molar-refractivity contribution in [1.82, 2.24) is 0 Å². The molecule has 6 nitrogen and oxygen atoms in total. The summed E-state index contributed by atoms with van der Waals surface area (Å²) in [5, 5.41) is 12.3. The molecule has 0 saturated heterocycles. The van der Waals surface area contributed by atoms with Gasteiger partial charge >= 0.3 is 5.97 Å². The summed E-state index contributed by atoms with van der Waals surface area (Å²) >= 11 is 0. The standard InChI is InChI=1S/C12H11N3O3/c13-15-14-10(16)12(11(17)18)6-5-8-3-1-2-4-9(8)7-12/h1-4H,5-7H2,(H,17,18). The Bertz CT molecular complexity index is 563. The second-order valence-electron chi connectivity index (χ2n) is 4.33. The predicted molar refractivity (Wildman–Crippen MR) is 62.7 cm³/mol. The zero-order valence-electron chi connectivity index (χ0n) is 9.54. The molecular weight excluding hydrogens is 234 g/mol. The first-order chi connectivity index (χ1) is 8.60. The first-order valence-electron chi connectivity index (χ1n) is 5.50. The second kappa shape index (κ2) is 4.50. The number of rotatable bonds is 2. The van der Waals surface area contributed by atoms with Crippen LogP contribution in [0.3, 0.4) is 0 Å². The Morgan fingerprint density at radius 1 is 1.33 bits per heavy atom. The first-order valence-corrected chi connectivity index (χ1v) is 5.50. The average molecular weight is 245 g/mol. The van der Waals surface area contributed by atoms with Gasteiger partial charge in [0, 0.05) is 4.91 Å². The van der Waals surface area contributed by atoms with Gasteiger partial charge in [-0.25, -0.2) is 0 Å². The molecule has 1 aromatic carbocycles. The molecule has 0 heterocycles. The van der Waals surface area contributed by atoms with Crippen LogP contribution in [0.4, 0.5) is 0 Å². The third kappa shape index (κ3) is 1.83. The number of carbonyl (C=O) groups excluding carboxylic acids is 1. The lowest BCUT2D eigenvalue weighted by atomic mass is 9.71. The fourth-order valence-electron chi connectivity index (χ4n) is 2.33. The number of carboxylic acids is 1. The summed E-state index contributed by atoms with van der Waals surface area (Å²) in [7, 11) is 0. The molecule has 18 heavy (non-hydrogen) atoms. The van der Waals surface area contributed by atoms with Crippen LogP contribution in [-0.4, -0.2) is 17.0 Å². The Kier molecular flexibility index (Phi) is 3.04. The predicted octanol–water partition coefficient (Wildman–Crippen LogP) is 2.08. The Balaban J connectivity index is 2.45. The fourth-order valence-corrected chi connectivity index (χ4v) is 2.33. The van der Waals surface area contributed by atoms with Crippen molar-refractivity contribution < 1.29 is 14.7 Å². The van der Waals surface area contributed by atoms with Crippen molar-refractivity contribution in [2.24, 2.45) is 10.5 Å². The average Bonchev–Trinajstić information content (AvgIpc) is 2.38. The van der Waals surface area contributed by atoms with E-state index in [9.17, 15) is 14.7 Å². The molecule has 0 spiro atoms. The zero-order chi connectivity index (χ0) is 13.2. The fraction of sp³-hybridized carbons (Fsp3) is 0.333. The Morgan fingerprint density at radius 3 is 2.61 bits per heavy atom. The molecule has 0 saturated carbocycles. The maximum Gasteiger partial charge on any atom is 0.317 e. The molecule has 0 aliphatic heterocycles. The molecule has 1 N–H and O–H groups in total. The van der Waals surface area contributed by atoms with Gasteiger partial charge in [-0.1, -0.05) is 24.3 Å². The summed E-state index contributed by atoms with van der Waals surface area (Å²) in [6.45, 7) is 0. The van der Waals surface area contributed by atoms with Gasteiger partial charge in [-0.05, 0) is 41.0 Å². The first kappa shape index (κ1) is 12.1. The minimum atomic E-state index is -1.61. The lowest BCUT2D eigenvalue weighted by molar-refractivity contribution is -0.155. The Morgan fingerprint density at radius 2 is 2.00 bits per heavy atom. The monoisotopic (exact) mass is 245 g/mol. The van der Waals surface area contributed by atoms with Crippen molar-refractivity contribution in [1.29, 1.82) is 0 Å². The summed E-state index contributed by atoms with van der Waals surface area (Å²) in [5.74, 6) is -2.14. The van der Waals surface area contributed by atoms with Crippen LogP contribution in [0.15, 0.2) is 29.4 Å². The van der Waals surface area contributed by atoms with Gasteiger partial charge in [0.25, 0.3) is 0 Å². The van der Waals surface area contributed by atoms with Crippen molar-refractivity contribution in [2.45, 2.75) is 19.3 Å². The third-order valence-corrected chi connectivity index (χ3v) is 3.39. The highest BCUT2D eigenvalue weighted by atomic mass is 16.4. The normalized spacial score (nSPS) is 21.6. The minimum Gasteiger partial charge on any atom is -0.480 e. The van der Waals surface area contributed by atoms with Crippen molar-refractivity contribution in [2.75, 3.05) is 0 Å². The van der Waals surface area contributed by atoms with Crippen molar-refractivity contribution in [3.05, 3.63) is 45.8 Å². The molecule has 1 atom stereocenters. The molecule has 0 aromatic heterocycles. The zero-order valence-corrected chi connectivity index (χ0v) is 9.54. The molecule has 1 amide bonds. The van der Waals surface area contributed by atoms with Crippen LogP contribution in [-0.2, 0) is 22.4 Å². The topological polar surface area (TPSA) is 103 Å². The van der Waals surface area contributed by atoms with E-state index < -0.39 is 17.3 Å². The van der Waals surface area contributed by atoms with E-state index in [1.165, 1.54) is 0 Å². The van der Waals surface area contributed by atoms with Crippen LogP contribution in [0, 0.1) is 5.41 Å². The number of fused-ring (bicyclic) bond motifs is 1. The van der Waals surface area contributed by atoms with Gasteiger partial charge < -0.3 is 5.11 Å². The number of benzene rings is 1. The van der Waals surface area contributed by atoms with Gasteiger partial charge in [0.15, 0.2) is 0 Å². The summed E-state index contributed by atoms with van der Waals surface area (Å²) in [6, 6.07) is 7.39. The maximum absolute atomic E-state index is 11.8. The number of nitrogens with zero attached hydrogens (tertiary/aromatic N) is 3. The van der Waals surface area contributed by atoms with E-state index in [1.54, 1.807) is 12.1 Å². The van der Waals surface area contributed by atoms with Crippen LogP contribution < -0.4 is 0 Å².